The summed E-state index contributed by atoms with van der Waals surface area (Å²) >= 11 is 1.50. The fourth-order valence-corrected chi connectivity index (χ4v) is 7.58. The smallest absolute Gasteiger partial charge is 0.353 e. The SMILES string of the molecule is CNCC(=O)C[C@H](C)[C@H]1C(=O)N2C(C(=O)O)=C(S[C@@H]3CN[C@H](C(=O)N4CC[C@H](NC)C4)C3)[C@H](C)[C@@H]12. The lowest BCUT2D eigenvalue weighted by molar-refractivity contribution is -0.160. The van der Waals surface area contributed by atoms with Gasteiger partial charge in [-0.05, 0) is 32.9 Å². The summed E-state index contributed by atoms with van der Waals surface area (Å²) < 4.78 is 0. The van der Waals surface area contributed by atoms with Crippen molar-refractivity contribution in [2.45, 2.75) is 56.5 Å². The predicted octanol–water partition coefficient (Wildman–Crippen LogP) is -0.142. The molecule has 0 saturated carbocycles. The highest BCUT2D eigenvalue weighted by atomic mass is 32.2. The highest BCUT2D eigenvalue weighted by molar-refractivity contribution is 8.03. The van der Waals surface area contributed by atoms with Gasteiger partial charge in [0, 0.05) is 48.2 Å². The Morgan fingerprint density at radius 2 is 2.03 bits per heavy atom. The molecule has 4 rings (SSSR count). The Kier molecular flexibility index (Phi) is 7.89. The van der Waals surface area contributed by atoms with E-state index in [0.717, 1.165) is 13.0 Å². The van der Waals surface area contributed by atoms with Crippen LogP contribution in [0.4, 0.5) is 0 Å². The summed E-state index contributed by atoms with van der Waals surface area (Å²) in [6.45, 7) is 6.22. The first-order valence-electron chi connectivity index (χ1n) is 12.5. The maximum atomic E-state index is 13.0. The molecule has 0 aliphatic carbocycles. The second-order valence-electron chi connectivity index (χ2n) is 10.3. The van der Waals surface area contributed by atoms with Gasteiger partial charge in [0.25, 0.3) is 0 Å². The lowest BCUT2D eigenvalue weighted by Crippen LogP contribution is -2.62. The fourth-order valence-electron chi connectivity index (χ4n) is 6.10. The first kappa shape index (κ1) is 26.1. The highest BCUT2D eigenvalue weighted by Crippen LogP contribution is 2.53. The molecule has 35 heavy (non-hydrogen) atoms. The predicted molar refractivity (Wildman–Crippen MR) is 132 cm³/mol. The van der Waals surface area contributed by atoms with Crippen molar-refractivity contribution in [1.29, 1.82) is 0 Å². The van der Waals surface area contributed by atoms with E-state index in [4.69, 9.17) is 0 Å². The van der Waals surface area contributed by atoms with Crippen LogP contribution < -0.4 is 16.0 Å². The third-order valence-electron chi connectivity index (χ3n) is 7.92. The van der Waals surface area contributed by atoms with E-state index in [1.54, 1.807) is 7.05 Å². The third kappa shape index (κ3) is 4.87. The number of likely N-dealkylation sites (tertiary alicyclic amines) is 1. The van der Waals surface area contributed by atoms with E-state index in [9.17, 15) is 24.3 Å². The molecule has 0 aromatic rings. The van der Waals surface area contributed by atoms with Crippen LogP contribution in [0, 0.1) is 17.8 Å². The Bertz CT molecular complexity index is 926. The van der Waals surface area contributed by atoms with Gasteiger partial charge in [0.1, 0.15) is 11.5 Å². The van der Waals surface area contributed by atoms with Crippen molar-refractivity contribution < 1.29 is 24.3 Å². The van der Waals surface area contributed by atoms with E-state index in [1.807, 2.05) is 25.8 Å². The molecule has 194 valence electrons. The zero-order valence-corrected chi connectivity index (χ0v) is 21.7. The molecule has 0 aromatic heterocycles. The molecule has 10 nitrogen and oxygen atoms in total. The second-order valence-corrected chi connectivity index (χ2v) is 11.6. The minimum Gasteiger partial charge on any atom is -0.477 e. The number of ketones is 1. The average molecular weight is 508 g/mol. The van der Waals surface area contributed by atoms with Crippen molar-refractivity contribution in [3.05, 3.63) is 10.6 Å². The summed E-state index contributed by atoms with van der Waals surface area (Å²) in [7, 11) is 3.62. The molecule has 3 fully saturated rings. The van der Waals surface area contributed by atoms with Crippen molar-refractivity contribution in [3.63, 3.8) is 0 Å². The van der Waals surface area contributed by atoms with Gasteiger partial charge in [-0.1, -0.05) is 13.8 Å². The number of hydrogen-bond donors (Lipinski definition) is 4. The Labute approximate surface area is 210 Å². The number of fused-ring (bicyclic) bond motifs is 1. The molecule has 4 aliphatic rings. The zero-order chi connectivity index (χ0) is 25.4. The number of carboxylic acids is 1. The lowest BCUT2D eigenvalue weighted by atomic mass is 9.73. The number of thioether (sulfide) groups is 1. The van der Waals surface area contributed by atoms with Crippen molar-refractivity contribution in [3.8, 4) is 0 Å². The number of nitrogens with zero attached hydrogens (tertiary/aromatic N) is 2. The van der Waals surface area contributed by atoms with E-state index in [1.165, 1.54) is 16.7 Å². The van der Waals surface area contributed by atoms with Gasteiger partial charge < -0.3 is 30.9 Å². The third-order valence-corrected chi connectivity index (χ3v) is 9.43. The number of hydrogen-bond acceptors (Lipinski definition) is 8. The quantitative estimate of drug-likeness (QED) is 0.298. The minimum absolute atomic E-state index is 0.0460. The van der Waals surface area contributed by atoms with Gasteiger partial charge in [-0.3, -0.25) is 14.4 Å². The molecule has 4 aliphatic heterocycles. The van der Waals surface area contributed by atoms with Gasteiger partial charge in [-0.25, -0.2) is 4.79 Å². The fraction of sp³-hybridized carbons (Fsp3) is 0.750. The molecular weight excluding hydrogens is 470 g/mol. The molecule has 0 bridgehead atoms. The standard InChI is InChI=1S/C24H37N5O5S/c1-12(7-15(30)9-25-3)18-19-13(2)21(20(24(33)34)29(19)23(18)32)35-16-8-17(27-10-16)22(31)28-6-5-14(11-28)26-4/h12-14,16-19,25-27H,5-11H2,1-4H3,(H,33,34)/t12-,13+,14-,16-,17-,18+,19-/m0/s1. The molecule has 4 N–H and O–H groups in total. The van der Waals surface area contributed by atoms with Gasteiger partial charge >= 0.3 is 5.97 Å². The van der Waals surface area contributed by atoms with Crippen LogP contribution in [0.3, 0.4) is 0 Å². The number of amides is 2. The summed E-state index contributed by atoms with van der Waals surface area (Å²) in [5.74, 6) is -1.78. The number of β-lactam (4-membered cyclic amide) rings is 1. The van der Waals surface area contributed by atoms with Crippen molar-refractivity contribution >= 4 is 35.3 Å². The van der Waals surface area contributed by atoms with Gasteiger partial charge in [-0.15, -0.1) is 11.8 Å². The first-order valence-corrected chi connectivity index (χ1v) is 13.4. The number of aliphatic carboxylic acids is 1. The number of carbonyl (C=O) groups excluding carboxylic acids is 3. The summed E-state index contributed by atoms with van der Waals surface area (Å²) in [5.41, 5.74) is 0.0775. The first-order chi connectivity index (χ1) is 16.7. The highest BCUT2D eigenvalue weighted by Gasteiger charge is 2.60. The maximum Gasteiger partial charge on any atom is 0.353 e. The molecule has 0 unspecified atom stereocenters. The van der Waals surface area contributed by atoms with Crippen LogP contribution in [0.1, 0.15) is 33.1 Å². The van der Waals surface area contributed by atoms with Gasteiger partial charge in [0.05, 0.1) is 24.5 Å². The van der Waals surface area contributed by atoms with E-state index in [-0.39, 0.29) is 64.9 Å². The van der Waals surface area contributed by atoms with Gasteiger partial charge in [-0.2, -0.15) is 0 Å². The molecule has 0 aromatic carbocycles. The molecule has 0 radical (unpaired) electrons. The van der Waals surface area contributed by atoms with Crippen LogP contribution in [0.25, 0.3) is 0 Å². The number of likely N-dealkylation sites (N-methyl/N-ethyl adjacent to an activating group) is 2. The minimum atomic E-state index is -1.10. The normalized spacial score (nSPS) is 33.2. The number of rotatable bonds is 10. The number of carbonyl (C=O) groups is 4. The van der Waals surface area contributed by atoms with Crippen LogP contribution in [0.2, 0.25) is 0 Å². The summed E-state index contributed by atoms with van der Waals surface area (Å²) in [4.78, 5) is 54.4. The molecule has 7 atom stereocenters. The van der Waals surface area contributed by atoms with Crippen LogP contribution in [-0.2, 0) is 19.2 Å². The van der Waals surface area contributed by atoms with E-state index in [2.05, 4.69) is 16.0 Å². The molecular formula is C24H37N5O5S. The Morgan fingerprint density at radius 3 is 2.66 bits per heavy atom. The number of carboxylic acid groups (broad SMARTS) is 1. The van der Waals surface area contributed by atoms with Crippen LogP contribution in [-0.4, -0.2) is 102 Å². The van der Waals surface area contributed by atoms with E-state index >= 15 is 0 Å². The Balaban J connectivity index is 1.42. The molecule has 0 spiro atoms. The molecule has 2 amide bonds. The topological polar surface area (TPSA) is 131 Å². The summed E-state index contributed by atoms with van der Waals surface area (Å²) in [6, 6.07) is -0.166. The molecule has 11 heteroatoms. The zero-order valence-electron chi connectivity index (χ0n) is 20.9. The Hall–Kier alpha value is -1.95. The van der Waals surface area contributed by atoms with Gasteiger partial charge in [0.2, 0.25) is 11.8 Å². The number of nitrogens with one attached hydrogen (secondary N) is 3. The monoisotopic (exact) mass is 507 g/mol. The van der Waals surface area contributed by atoms with Crippen LogP contribution >= 0.6 is 11.8 Å². The molecule has 3 saturated heterocycles. The Morgan fingerprint density at radius 1 is 1.29 bits per heavy atom. The molecule has 4 heterocycles. The van der Waals surface area contributed by atoms with Crippen molar-refractivity contribution in [2.24, 2.45) is 17.8 Å². The van der Waals surface area contributed by atoms with Crippen LogP contribution in [0.5, 0.6) is 0 Å². The van der Waals surface area contributed by atoms with E-state index < -0.39 is 5.97 Å². The summed E-state index contributed by atoms with van der Waals surface area (Å²) in [5, 5.41) is 19.4. The largest absolute Gasteiger partial charge is 0.477 e. The summed E-state index contributed by atoms with van der Waals surface area (Å²) in [6.07, 6.45) is 1.87. The lowest BCUT2D eigenvalue weighted by Gasteiger charge is -2.47. The number of Topliss-reactive ketones (excluding diaryl/α,β-unsaturated/α-hetero) is 1. The van der Waals surface area contributed by atoms with Crippen molar-refractivity contribution in [1.82, 2.24) is 25.8 Å². The average Bonchev–Trinajstić information content (AvgIpc) is 3.52. The van der Waals surface area contributed by atoms with E-state index in [0.29, 0.717) is 36.9 Å². The van der Waals surface area contributed by atoms with Crippen molar-refractivity contribution in [2.75, 3.05) is 40.3 Å². The van der Waals surface area contributed by atoms with Crippen LogP contribution in [0.15, 0.2) is 10.6 Å². The maximum absolute atomic E-state index is 13.0. The van der Waals surface area contributed by atoms with Gasteiger partial charge in [0.15, 0.2) is 0 Å². The second kappa shape index (κ2) is 10.6.